The summed E-state index contributed by atoms with van der Waals surface area (Å²) in [4.78, 5) is 26.2. The van der Waals surface area contributed by atoms with Crippen molar-refractivity contribution in [2.24, 2.45) is 0 Å². The number of hydrogen-bond acceptors (Lipinski definition) is 6. The van der Waals surface area contributed by atoms with Crippen LogP contribution >= 0.6 is 0 Å². The van der Waals surface area contributed by atoms with E-state index in [9.17, 15) is 0 Å². The Balaban J connectivity index is 1.17. The summed E-state index contributed by atoms with van der Waals surface area (Å²) in [7, 11) is 0. The second kappa shape index (κ2) is 14.6. The summed E-state index contributed by atoms with van der Waals surface area (Å²) in [5.74, 6) is 2.24. The summed E-state index contributed by atoms with van der Waals surface area (Å²) in [5.41, 5.74) is 12.6. The number of hydrogen-bond donors (Lipinski definition) is 0. The van der Waals surface area contributed by atoms with Crippen LogP contribution in [0.15, 0.2) is 211 Å². The molecule has 8 aromatic carbocycles. The summed E-state index contributed by atoms with van der Waals surface area (Å²) >= 11 is 0. The monoisotopic (exact) mass is 794 g/mol. The zero-order valence-electron chi connectivity index (χ0n) is 33.2. The topological polar surface area (TPSA) is 82.5 Å². The molecule has 0 spiro atoms. The van der Waals surface area contributed by atoms with Gasteiger partial charge < -0.3 is 8.98 Å². The molecule has 0 saturated carbocycles. The van der Waals surface area contributed by atoms with Crippen LogP contribution in [0.3, 0.4) is 0 Å². The molecule has 0 fully saturated rings. The van der Waals surface area contributed by atoms with Gasteiger partial charge in [0.1, 0.15) is 16.8 Å². The van der Waals surface area contributed by atoms with Crippen molar-refractivity contribution in [3.05, 3.63) is 206 Å². The molecule has 0 N–H and O–H groups in total. The van der Waals surface area contributed by atoms with Crippen LogP contribution in [0.25, 0.3) is 117 Å². The van der Waals surface area contributed by atoms with Crippen LogP contribution in [0.2, 0.25) is 0 Å². The number of aromatic nitrogens is 6. The summed E-state index contributed by atoms with van der Waals surface area (Å²) in [6.07, 6.45) is 0. The van der Waals surface area contributed by atoms with Crippen LogP contribution in [-0.2, 0) is 0 Å². The van der Waals surface area contributed by atoms with Crippen LogP contribution in [0.4, 0.5) is 0 Å². The molecule has 0 aliphatic heterocycles. The molecule has 0 unspecified atom stereocenters. The van der Waals surface area contributed by atoms with Crippen LogP contribution in [0.1, 0.15) is 0 Å². The van der Waals surface area contributed by atoms with Gasteiger partial charge in [0.2, 0.25) is 0 Å². The predicted molar refractivity (Wildman–Crippen MR) is 250 cm³/mol. The van der Waals surface area contributed by atoms with Crippen LogP contribution in [0.5, 0.6) is 0 Å². The van der Waals surface area contributed by atoms with Crippen molar-refractivity contribution in [3.63, 3.8) is 0 Å². The van der Waals surface area contributed by atoms with E-state index in [1.54, 1.807) is 0 Å². The molecule has 0 aliphatic carbocycles. The summed E-state index contributed by atoms with van der Waals surface area (Å²) in [6.45, 7) is 0. The highest BCUT2D eigenvalue weighted by Gasteiger charge is 2.24. The van der Waals surface area contributed by atoms with Gasteiger partial charge in [-0.1, -0.05) is 164 Å². The maximum Gasteiger partial charge on any atom is 0.180 e. The maximum atomic E-state index is 6.47. The van der Waals surface area contributed by atoms with Crippen LogP contribution in [0, 0.1) is 0 Å². The Morgan fingerprint density at radius 1 is 0.355 bits per heavy atom. The third kappa shape index (κ3) is 5.94. The molecular weight excluding hydrogens is 761 g/mol. The zero-order chi connectivity index (χ0) is 41.0. The molecule has 0 atom stereocenters. The zero-order valence-corrected chi connectivity index (χ0v) is 33.2. The first-order valence-corrected chi connectivity index (χ1v) is 20.6. The van der Waals surface area contributed by atoms with E-state index in [0.717, 1.165) is 83.2 Å². The minimum absolute atomic E-state index is 0.526. The van der Waals surface area contributed by atoms with Gasteiger partial charge in [0.25, 0.3) is 0 Å². The van der Waals surface area contributed by atoms with Gasteiger partial charge in [-0.2, -0.15) is 0 Å². The molecule has 12 aromatic rings. The molecule has 7 nitrogen and oxygen atoms in total. The second-order valence-electron chi connectivity index (χ2n) is 15.2. The predicted octanol–water partition coefficient (Wildman–Crippen LogP) is 13.7. The number of para-hydroxylation sites is 2. The van der Waals surface area contributed by atoms with Crippen molar-refractivity contribution in [1.29, 1.82) is 0 Å². The fourth-order valence-corrected chi connectivity index (χ4v) is 8.63. The number of rotatable bonds is 7. The van der Waals surface area contributed by atoms with E-state index in [4.69, 9.17) is 29.3 Å². The molecule has 12 rings (SSSR count). The largest absolute Gasteiger partial charge is 0.452 e. The Hall–Kier alpha value is -8.55. The Morgan fingerprint density at radius 3 is 1.60 bits per heavy atom. The molecule has 0 saturated heterocycles. The number of benzene rings is 8. The number of fused-ring (bicyclic) bond motifs is 6. The molecule has 0 bridgehead atoms. The van der Waals surface area contributed by atoms with E-state index in [2.05, 4.69) is 108 Å². The Kier molecular flexibility index (Phi) is 8.35. The van der Waals surface area contributed by atoms with E-state index < -0.39 is 0 Å². The van der Waals surface area contributed by atoms with E-state index >= 15 is 0 Å². The van der Waals surface area contributed by atoms with Crippen molar-refractivity contribution >= 4 is 43.9 Å². The number of nitrogens with zero attached hydrogens (tertiary/aromatic N) is 6. The highest BCUT2D eigenvalue weighted by atomic mass is 16.3. The van der Waals surface area contributed by atoms with Crippen molar-refractivity contribution in [3.8, 4) is 73.6 Å². The summed E-state index contributed by atoms with van der Waals surface area (Å²) in [6, 6.07) is 70.5. The Morgan fingerprint density at radius 2 is 0.903 bits per heavy atom. The van der Waals surface area contributed by atoms with Gasteiger partial charge in [-0.3, -0.25) is 0 Å². The summed E-state index contributed by atoms with van der Waals surface area (Å²) < 4.78 is 8.81. The molecule has 0 amide bonds. The molecule has 4 aromatic heterocycles. The quantitative estimate of drug-likeness (QED) is 0.160. The lowest BCUT2D eigenvalue weighted by atomic mass is 9.99. The average molecular weight is 795 g/mol. The van der Waals surface area contributed by atoms with E-state index in [0.29, 0.717) is 28.9 Å². The van der Waals surface area contributed by atoms with Crippen LogP contribution in [-0.4, -0.2) is 29.5 Å². The van der Waals surface area contributed by atoms with Crippen molar-refractivity contribution < 1.29 is 4.42 Å². The molecule has 7 heteroatoms. The molecule has 0 radical (unpaired) electrons. The number of furan rings is 1. The van der Waals surface area contributed by atoms with Gasteiger partial charge in [0.05, 0.1) is 16.7 Å². The van der Waals surface area contributed by atoms with Crippen molar-refractivity contribution in [2.45, 2.75) is 0 Å². The van der Waals surface area contributed by atoms with Crippen molar-refractivity contribution in [2.75, 3.05) is 0 Å². The lowest BCUT2D eigenvalue weighted by Gasteiger charge is -2.16. The molecule has 290 valence electrons. The first-order valence-electron chi connectivity index (χ1n) is 20.6. The van der Waals surface area contributed by atoms with E-state index in [1.165, 1.54) is 5.39 Å². The van der Waals surface area contributed by atoms with Gasteiger partial charge in [0.15, 0.2) is 28.9 Å². The third-order valence-electron chi connectivity index (χ3n) is 11.5. The fourth-order valence-electron chi connectivity index (χ4n) is 8.63. The molecule has 4 heterocycles. The first kappa shape index (κ1) is 35.4. The first-order chi connectivity index (χ1) is 30.7. The fraction of sp³-hybridized carbons (Fsp3) is 0. The lowest BCUT2D eigenvalue weighted by Crippen LogP contribution is -2.04. The van der Waals surface area contributed by atoms with Gasteiger partial charge in [-0.25, -0.2) is 24.9 Å². The van der Waals surface area contributed by atoms with Gasteiger partial charge in [0, 0.05) is 44.0 Å². The van der Waals surface area contributed by atoms with Gasteiger partial charge in [-0.05, 0) is 53.6 Å². The van der Waals surface area contributed by atoms with E-state index in [-0.39, 0.29) is 0 Å². The summed E-state index contributed by atoms with van der Waals surface area (Å²) in [5, 5.41) is 3.25. The van der Waals surface area contributed by atoms with Gasteiger partial charge in [-0.15, -0.1) is 0 Å². The Labute approximate surface area is 356 Å². The van der Waals surface area contributed by atoms with E-state index in [1.807, 2.05) is 103 Å². The molecule has 0 aliphatic rings. The van der Waals surface area contributed by atoms with Crippen LogP contribution < -0.4 is 0 Å². The Bertz CT molecular complexity index is 3560. The second-order valence-corrected chi connectivity index (χ2v) is 15.2. The highest BCUT2D eigenvalue weighted by molar-refractivity contribution is 6.16. The highest BCUT2D eigenvalue weighted by Crippen LogP contribution is 2.42. The normalized spacial score (nSPS) is 11.5. The standard InChI is InChI=1S/C55H34N6O/c1-5-18-35(19-6-1)40-28-17-30-46-48(40)41-26-13-15-29-44(41)61(46)45-33-32-39(54-56-49(36-20-7-2-8-21-36)51-50(57-54)42-27-14-16-31-47(42)62-51)34-43(45)55-59-52(37-22-9-3-10-23-37)58-53(60-55)38-24-11-4-12-25-38/h1-34H. The minimum Gasteiger partial charge on any atom is -0.452 e. The minimum atomic E-state index is 0.526. The molecular formula is C55H34N6O. The SMILES string of the molecule is c1ccc(-c2nc(-c3ccccc3)nc(-c3cc(-c4nc(-c5ccccc5)c5oc6ccccc6c5n4)ccc3-n3c4ccccc4c4c(-c5ccccc5)cccc43)n2)cc1. The third-order valence-corrected chi connectivity index (χ3v) is 11.5. The smallest absolute Gasteiger partial charge is 0.180 e. The molecule has 62 heavy (non-hydrogen) atoms. The van der Waals surface area contributed by atoms with Gasteiger partial charge >= 0.3 is 0 Å². The average Bonchev–Trinajstić information content (AvgIpc) is 3.90. The lowest BCUT2D eigenvalue weighted by molar-refractivity contribution is 0.667. The maximum absolute atomic E-state index is 6.47. The van der Waals surface area contributed by atoms with Crippen molar-refractivity contribution in [1.82, 2.24) is 29.5 Å².